The Morgan fingerprint density at radius 3 is 2.86 bits per heavy atom. The van der Waals surface area contributed by atoms with E-state index >= 15 is 0 Å². The SMILES string of the molecule is N[C@@H](CCC(=O)NCCc1c[nH]c2ccccc12)C(=O)O. The Kier molecular flexibility index (Phi) is 4.94. The fourth-order valence-corrected chi connectivity index (χ4v) is 2.17. The van der Waals surface area contributed by atoms with E-state index < -0.39 is 12.0 Å². The molecular formula is C15H19N3O3. The molecule has 0 fully saturated rings. The number of benzene rings is 1. The highest BCUT2D eigenvalue weighted by Gasteiger charge is 2.13. The van der Waals surface area contributed by atoms with Crippen LogP contribution >= 0.6 is 0 Å². The largest absolute Gasteiger partial charge is 0.480 e. The monoisotopic (exact) mass is 289 g/mol. The molecule has 1 amide bonds. The van der Waals surface area contributed by atoms with Crippen LogP contribution in [-0.2, 0) is 16.0 Å². The van der Waals surface area contributed by atoms with Crippen molar-refractivity contribution in [1.82, 2.24) is 10.3 Å². The van der Waals surface area contributed by atoms with Crippen LogP contribution in [0.1, 0.15) is 18.4 Å². The summed E-state index contributed by atoms with van der Waals surface area (Å²) in [6.07, 6.45) is 2.94. The predicted molar refractivity (Wildman–Crippen MR) is 79.9 cm³/mol. The number of nitrogens with one attached hydrogen (secondary N) is 2. The number of carboxylic acids is 1. The summed E-state index contributed by atoms with van der Waals surface area (Å²) in [5.74, 6) is -1.26. The van der Waals surface area contributed by atoms with Crippen molar-refractivity contribution >= 4 is 22.8 Å². The summed E-state index contributed by atoms with van der Waals surface area (Å²) < 4.78 is 0. The van der Waals surface area contributed by atoms with Gasteiger partial charge in [0.2, 0.25) is 5.91 Å². The predicted octanol–water partition coefficient (Wildman–Crippen LogP) is 1.02. The zero-order valence-electron chi connectivity index (χ0n) is 11.6. The lowest BCUT2D eigenvalue weighted by atomic mass is 10.1. The molecule has 5 N–H and O–H groups in total. The minimum atomic E-state index is -1.08. The summed E-state index contributed by atoms with van der Waals surface area (Å²) in [6.45, 7) is 0.517. The summed E-state index contributed by atoms with van der Waals surface area (Å²) in [5.41, 5.74) is 7.57. The van der Waals surface area contributed by atoms with E-state index in [1.807, 2.05) is 30.5 Å². The molecular weight excluding hydrogens is 270 g/mol. The number of aliphatic carboxylic acids is 1. The number of rotatable bonds is 7. The highest BCUT2D eigenvalue weighted by molar-refractivity contribution is 5.83. The van der Waals surface area contributed by atoms with Crippen molar-refractivity contribution in [3.05, 3.63) is 36.0 Å². The van der Waals surface area contributed by atoms with E-state index in [0.717, 1.165) is 22.9 Å². The van der Waals surface area contributed by atoms with Crippen molar-refractivity contribution < 1.29 is 14.7 Å². The van der Waals surface area contributed by atoms with E-state index in [1.165, 1.54) is 0 Å². The number of amides is 1. The van der Waals surface area contributed by atoms with E-state index in [2.05, 4.69) is 10.3 Å². The first-order valence-electron chi connectivity index (χ1n) is 6.88. The summed E-state index contributed by atoms with van der Waals surface area (Å²) in [5, 5.41) is 12.6. The molecule has 1 atom stereocenters. The van der Waals surface area contributed by atoms with Gasteiger partial charge < -0.3 is 21.1 Å². The van der Waals surface area contributed by atoms with Crippen molar-refractivity contribution in [2.75, 3.05) is 6.54 Å². The zero-order valence-corrected chi connectivity index (χ0v) is 11.6. The maximum absolute atomic E-state index is 11.6. The summed E-state index contributed by atoms with van der Waals surface area (Å²) in [6, 6.07) is 7.01. The molecule has 6 heteroatoms. The first-order valence-corrected chi connectivity index (χ1v) is 6.88. The lowest BCUT2D eigenvalue weighted by Gasteiger charge is -2.07. The molecule has 0 saturated heterocycles. The van der Waals surface area contributed by atoms with Gasteiger partial charge in [0.05, 0.1) is 0 Å². The third kappa shape index (κ3) is 4.06. The van der Waals surface area contributed by atoms with Crippen LogP contribution in [0.15, 0.2) is 30.5 Å². The molecule has 1 heterocycles. The molecule has 21 heavy (non-hydrogen) atoms. The van der Waals surface area contributed by atoms with Crippen LogP contribution in [0.2, 0.25) is 0 Å². The van der Waals surface area contributed by atoms with E-state index in [9.17, 15) is 9.59 Å². The molecule has 0 aliphatic rings. The maximum atomic E-state index is 11.6. The number of carbonyl (C=O) groups is 2. The van der Waals surface area contributed by atoms with Crippen LogP contribution in [-0.4, -0.2) is 34.6 Å². The smallest absolute Gasteiger partial charge is 0.320 e. The van der Waals surface area contributed by atoms with E-state index in [1.54, 1.807) is 0 Å². The Balaban J connectivity index is 1.76. The normalized spacial score (nSPS) is 12.2. The van der Waals surface area contributed by atoms with E-state index in [0.29, 0.717) is 6.54 Å². The molecule has 0 spiro atoms. The van der Waals surface area contributed by atoms with Crippen LogP contribution in [0.5, 0.6) is 0 Å². The molecule has 112 valence electrons. The summed E-state index contributed by atoms with van der Waals surface area (Å²) in [7, 11) is 0. The molecule has 2 rings (SSSR count). The van der Waals surface area contributed by atoms with Gasteiger partial charge in [-0.2, -0.15) is 0 Å². The summed E-state index contributed by atoms with van der Waals surface area (Å²) in [4.78, 5) is 25.3. The van der Waals surface area contributed by atoms with Gasteiger partial charge in [-0.1, -0.05) is 18.2 Å². The molecule has 0 aliphatic heterocycles. The van der Waals surface area contributed by atoms with E-state index in [-0.39, 0.29) is 18.7 Å². The Bertz CT molecular complexity index is 636. The van der Waals surface area contributed by atoms with Crippen molar-refractivity contribution in [1.29, 1.82) is 0 Å². The minimum absolute atomic E-state index is 0.126. The number of carboxylic acid groups (broad SMARTS) is 1. The molecule has 0 bridgehead atoms. The second kappa shape index (κ2) is 6.90. The first kappa shape index (κ1) is 15.1. The molecule has 0 aliphatic carbocycles. The Hall–Kier alpha value is -2.34. The third-order valence-corrected chi connectivity index (χ3v) is 3.39. The van der Waals surface area contributed by atoms with Crippen LogP contribution in [0, 0.1) is 0 Å². The number of H-pyrrole nitrogens is 1. The quantitative estimate of drug-likeness (QED) is 0.610. The molecule has 6 nitrogen and oxygen atoms in total. The fourth-order valence-electron chi connectivity index (χ4n) is 2.17. The number of carbonyl (C=O) groups excluding carboxylic acids is 1. The fraction of sp³-hybridized carbons (Fsp3) is 0.333. The van der Waals surface area contributed by atoms with Crippen LogP contribution in [0.3, 0.4) is 0 Å². The molecule has 0 radical (unpaired) electrons. The lowest BCUT2D eigenvalue weighted by Crippen LogP contribution is -2.33. The topological polar surface area (TPSA) is 108 Å². The number of nitrogens with two attached hydrogens (primary N) is 1. The average molecular weight is 289 g/mol. The second-order valence-corrected chi connectivity index (χ2v) is 4.94. The number of hydrogen-bond donors (Lipinski definition) is 4. The number of hydrogen-bond acceptors (Lipinski definition) is 3. The van der Waals surface area contributed by atoms with Gasteiger partial charge in [-0.15, -0.1) is 0 Å². The van der Waals surface area contributed by atoms with Gasteiger partial charge in [-0.25, -0.2) is 0 Å². The number of aromatic amines is 1. The highest BCUT2D eigenvalue weighted by atomic mass is 16.4. The maximum Gasteiger partial charge on any atom is 0.320 e. The van der Waals surface area contributed by atoms with Gasteiger partial charge in [-0.05, 0) is 24.5 Å². The lowest BCUT2D eigenvalue weighted by molar-refractivity contribution is -0.138. The molecule has 2 aromatic rings. The Morgan fingerprint density at radius 1 is 1.33 bits per heavy atom. The van der Waals surface area contributed by atoms with Gasteiger partial charge in [0.15, 0.2) is 0 Å². The van der Waals surface area contributed by atoms with E-state index in [4.69, 9.17) is 10.8 Å². The van der Waals surface area contributed by atoms with Crippen molar-refractivity contribution in [3.8, 4) is 0 Å². The molecule has 0 saturated carbocycles. The Labute approximate surface area is 122 Å². The number of aromatic nitrogens is 1. The summed E-state index contributed by atoms with van der Waals surface area (Å²) >= 11 is 0. The van der Waals surface area contributed by atoms with Crippen LogP contribution < -0.4 is 11.1 Å². The molecule has 1 aromatic carbocycles. The third-order valence-electron chi connectivity index (χ3n) is 3.39. The van der Waals surface area contributed by atoms with Gasteiger partial charge in [0.1, 0.15) is 6.04 Å². The second-order valence-electron chi connectivity index (χ2n) is 4.94. The standard InChI is InChI=1S/C15H19N3O3/c16-12(15(20)21)5-6-14(19)17-8-7-10-9-18-13-4-2-1-3-11(10)13/h1-4,9,12,18H,5-8,16H2,(H,17,19)(H,20,21)/t12-/m0/s1. The number of fused-ring (bicyclic) bond motifs is 1. The van der Waals surface area contributed by atoms with Crippen LogP contribution in [0.4, 0.5) is 0 Å². The van der Waals surface area contributed by atoms with Crippen molar-refractivity contribution in [3.63, 3.8) is 0 Å². The average Bonchev–Trinajstić information content (AvgIpc) is 2.88. The van der Waals surface area contributed by atoms with Crippen LogP contribution in [0.25, 0.3) is 10.9 Å². The van der Waals surface area contributed by atoms with Gasteiger partial charge >= 0.3 is 5.97 Å². The molecule has 1 aromatic heterocycles. The molecule has 0 unspecified atom stereocenters. The van der Waals surface area contributed by atoms with Crippen molar-refractivity contribution in [2.24, 2.45) is 5.73 Å². The Morgan fingerprint density at radius 2 is 2.10 bits per heavy atom. The first-order chi connectivity index (χ1) is 10.1. The van der Waals surface area contributed by atoms with Gasteiger partial charge in [-0.3, -0.25) is 9.59 Å². The minimum Gasteiger partial charge on any atom is -0.480 e. The number of para-hydroxylation sites is 1. The highest BCUT2D eigenvalue weighted by Crippen LogP contribution is 2.17. The van der Waals surface area contributed by atoms with Gasteiger partial charge in [0, 0.05) is 30.1 Å². The zero-order chi connectivity index (χ0) is 15.2. The van der Waals surface area contributed by atoms with Gasteiger partial charge in [0.25, 0.3) is 0 Å². The van der Waals surface area contributed by atoms with Crippen molar-refractivity contribution in [2.45, 2.75) is 25.3 Å².